The molecule has 1 rings (SSSR count). The third-order valence-corrected chi connectivity index (χ3v) is 3.20. The summed E-state index contributed by atoms with van der Waals surface area (Å²) in [6.45, 7) is 5.53. The second-order valence-electron chi connectivity index (χ2n) is 4.33. The number of nitrogens with zero attached hydrogens (tertiary/aromatic N) is 1. The van der Waals surface area contributed by atoms with E-state index in [1.54, 1.807) is 7.11 Å². The second-order valence-corrected chi connectivity index (χ2v) is 4.74. The minimum Gasteiger partial charge on any atom is -0.383 e. The van der Waals surface area contributed by atoms with Gasteiger partial charge in [-0.1, -0.05) is 24.6 Å². The summed E-state index contributed by atoms with van der Waals surface area (Å²) in [5.41, 5.74) is 2.36. The van der Waals surface area contributed by atoms with Crippen molar-refractivity contribution >= 4 is 17.3 Å². The number of benzene rings is 1. The van der Waals surface area contributed by atoms with Crippen molar-refractivity contribution in [2.75, 3.05) is 38.8 Å². The monoisotopic (exact) mass is 270 g/mol. The van der Waals surface area contributed by atoms with Gasteiger partial charge in [0, 0.05) is 50.1 Å². The van der Waals surface area contributed by atoms with Crippen LogP contribution >= 0.6 is 11.6 Å². The summed E-state index contributed by atoms with van der Waals surface area (Å²) < 4.78 is 5.02. The number of ether oxygens (including phenoxy) is 1. The molecule has 0 aromatic heterocycles. The van der Waals surface area contributed by atoms with Gasteiger partial charge in [0.15, 0.2) is 0 Å². The molecule has 0 radical (unpaired) electrons. The normalized spacial score (nSPS) is 10.7. The Bertz CT molecular complexity index is 358. The smallest absolute Gasteiger partial charge is 0.0587 e. The van der Waals surface area contributed by atoms with E-state index in [1.165, 1.54) is 5.69 Å². The molecule has 0 heterocycles. The van der Waals surface area contributed by atoms with Crippen molar-refractivity contribution < 1.29 is 4.74 Å². The van der Waals surface area contributed by atoms with Gasteiger partial charge in [-0.3, -0.25) is 0 Å². The largest absolute Gasteiger partial charge is 0.383 e. The fraction of sp³-hybridized carbons (Fsp3) is 0.571. The van der Waals surface area contributed by atoms with E-state index in [9.17, 15) is 0 Å². The molecule has 1 N–H and O–H groups in total. The zero-order chi connectivity index (χ0) is 13.4. The summed E-state index contributed by atoms with van der Waals surface area (Å²) in [6.07, 6.45) is 1.12. The highest BCUT2D eigenvalue weighted by Gasteiger charge is 2.09. The molecule has 0 saturated heterocycles. The van der Waals surface area contributed by atoms with Crippen LogP contribution in [0.25, 0.3) is 0 Å². The van der Waals surface area contributed by atoms with Crippen LogP contribution < -0.4 is 10.2 Å². The van der Waals surface area contributed by atoms with Crippen LogP contribution in [-0.4, -0.2) is 33.9 Å². The van der Waals surface area contributed by atoms with Gasteiger partial charge in [0.25, 0.3) is 0 Å². The predicted molar refractivity (Wildman–Crippen MR) is 78.6 cm³/mol. The van der Waals surface area contributed by atoms with Gasteiger partial charge in [-0.25, -0.2) is 0 Å². The molecule has 18 heavy (non-hydrogen) atoms. The Morgan fingerprint density at radius 3 is 2.83 bits per heavy atom. The van der Waals surface area contributed by atoms with Gasteiger partial charge in [-0.05, 0) is 18.6 Å². The first-order valence-electron chi connectivity index (χ1n) is 6.38. The first-order chi connectivity index (χ1) is 8.70. The van der Waals surface area contributed by atoms with E-state index in [1.807, 2.05) is 12.1 Å². The van der Waals surface area contributed by atoms with Crippen LogP contribution in [-0.2, 0) is 11.3 Å². The van der Waals surface area contributed by atoms with Crippen molar-refractivity contribution in [3.05, 3.63) is 28.8 Å². The van der Waals surface area contributed by atoms with Gasteiger partial charge >= 0.3 is 0 Å². The number of methoxy groups -OCH3 is 1. The van der Waals surface area contributed by atoms with E-state index < -0.39 is 0 Å². The summed E-state index contributed by atoms with van der Waals surface area (Å²) >= 11 is 6.29. The molecule has 1 aromatic rings. The van der Waals surface area contributed by atoms with Crippen LogP contribution in [0.5, 0.6) is 0 Å². The van der Waals surface area contributed by atoms with Crippen molar-refractivity contribution in [1.82, 2.24) is 5.32 Å². The van der Waals surface area contributed by atoms with Crippen LogP contribution in [0.4, 0.5) is 5.69 Å². The minimum atomic E-state index is 0.713. The Morgan fingerprint density at radius 1 is 1.39 bits per heavy atom. The van der Waals surface area contributed by atoms with Crippen LogP contribution in [0, 0.1) is 0 Å². The summed E-state index contributed by atoms with van der Waals surface area (Å²) in [5, 5.41) is 4.16. The van der Waals surface area contributed by atoms with Crippen LogP contribution in [0.15, 0.2) is 18.2 Å². The van der Waals surface area contributed by atoms with Crippen molar-refractivity contribution in [3.63, 3.8) is 0 Å². The van der Waals surface area contributed by atoms with Gasteiger partial charge in [0.05, 0.1) is 6.61 Å². The quantitative estimate of drug-likeness (QED) is 0.735. The number of hydrogen-bond donors (Lipinski definition) is 1. The molecule has 0 atom stereocenters. The van der Waals surface area contributed by atoms with E-state index in [-0.39, 0.29) is 0 Å². The number of hydrogen-bond acceptors (Lipinski definition) is 3. The zero-order valence-corrected chi connectivity index (χ0v) is 12.3. The highest BCUT2D eigenvalue weighted by molar-refractivity contribution is 6.31. The van der Waals surface area contributed by atoms with Crippen molar-refractivity contribution in [1.29, 1.82) is 0 Å². The van der Waals surface area contributed by atoms with Crippen molar-refractivity contribution in [2.45, 2.75) is 19.9 Å². The standard InChI is InChI=1S/C14H23ClN2O/c1-4-9-17(2)14-7-5-6-13(15)12(14)11-16-8-10-18-3/h5-7,16H,4,8-11H2,1-3H3. The fourth-order valence-electron chi connectivity index (χ4n) is 1.92. The van der Waals surface area contributed by atoms with Gasteiger partial charge in [-0.15, -0.1) is 0 Å². The van der Waals surface area contributed by atoms with Crippen molar-refractivity contribution in [2.24, 2.45) is 0 Å². The first-order valence-corrected chi connectivity index (χ1v) is 6.76. The van der Waals surface area contributed by atoms with E-state index in [2.05, 4.69) is 30.3 Å². The maximum atomic E-state index is 6.29. The number of halogens is 1. The molecule has 0 amide bonds. The summed E-state index contributed by atoms with van der Waals surface area (Å²) in [7, 11) is 3.81. The highest BCUT2D eigenvalue weighted by atomic mass is 35.5. The second kappa shape index (κ2) is 8.35. The molecule has 0 aliphatic heterocycles. The van der Waals surface area contributed by atoms with Gasteiger partial charge in [-0.2, -0.15) is 0 Å². The van der Waals surface area contributed by atoms with Crippen LogP contribution in [0.3, 0.4) is 0 Å². The summed E-state index contributed by atoms with van der Waals surface area (Å²) in [4.78, 5) is 2.25. The van der Waals surface area contributed by atoms with Gasteiger partial charge < -0.3 is 15.0 Å². The number of anilines is 1. The number of rotatable bonds is 8. The van der Waals surface area contributed by atoms with Crippen LogP contribution in [0.1, 0.15) is 18.9 Å². The molecule has 0 bridgehead atoms. The molecule has 0 aliphatic rings. The van der Waals surface area contributed by atoms with E-state index in [0.717, 1.165) is 36.6 Å². The van der Waals surface area contributed by atoms with Crippen LogP contribution in [0.2, 0.25) is 5.02 Å². The maximum Gasteiger partial charge on any atom is 0.0587 e. The molecular formula is C14H23ClN2O. The molecule has 0 aliphatic carbocycles. The van der Waals surface area contributed by atoms with Crippen molar-refractivity contribution in [3.8, 4) is 0 Å². The Hall–Kier alpha value is -0.770. The lowest BCUT2D eigenvalue weighted by atomic mass is 10.1. The molecular weight excluding hydrogens is 248 g/mol. The van der Waals surface area contributed by atoms with Gasteiger partial charge in [0.1, 0.15) is 0 Å². The highest BCUT2D eigenvalue weighted by Crippen LogP contribution is 2.26. The Morgan fingerprint density at radius 2 is 2.17 bits per heavy atom. The molecule has 0 saturated carbocycles. The third kappa shape index (κ3) is 4.48. The van der Waals surface area contributed by atoms with Gasteiger partial charge in [0.2, 0.25) is 0 Å². The van der Waals surface area contributed by atoms with E-state index >= 15 is 0 Å². The predicted octanol–water partition coefficient (Wildman–Crippen LogP) is 2.92. The molecule has 0 spiro atoms. The molecule has 102 valence electrons. The average Bonchev–Trinajstić information content (AvgIpc) is 2.36. The minimum absolute atomic E-state index is 0.713. The van der Waals surface area contributed by atoms with E-state index in [0.29, 0.717) is 6.61 Å². The van der Waals surface area contributed by atoms with E-state index in [4.69, 9.17) is 16.3 Å². The fourth-order valence-corrected chi connectivity index (χ4v) is 2.16. The summed E-state index contributed by atoms with van der Waals surface area (Å²) in [6, 6.07) is 6.07. The molecule has 1 aromatic carbocycles. The summed E-state index contributed by atoms with van der Waals surface area (Å²) in [5.74, 6) is 0. The topological polar surface area (TPSA) is 24.5 Å². The third-order valence-electron chi connectivity index (χ3n) is 2.85. The lowest BCUT2D eigenvalue weighted by Gasteiger charge is -2.23. The molecule has 4 heteroatoms. The first kappa shape index (κ1) is 15.3. The zero-order valence-electron chi connectivity index (χ0n) is 11.5. The lowest BCUT2D eigenvalue weighted by Crippen LogP contribution is -2.23. The maximum absolute atomic E-state index is 6.29. The molecule has 0 unspecified atom stereocenters. The Balaban J connectivity index is 2.73. The molecule has 0 fully saturated rings. The molecule has 3 nitrogen and oxygen atoms in total. The number of nitrogens with one attached hydrogen (secondary N) is 1. The Labute approximate surface area is 115 Å². The average molecular weight is 271 g/mol. The Kier molecular flexibility index (Phi) is 7.09. The SMILES string of the molecule is CCCN(C)c1cccc(Cl)c1CNCCOC. The lowest BCUT2D eigenvalue weighted by molar-refractivity contribution is 0.199.